The van der Waals surface area contributed by atoms with E-state index in [-0.39, 0.29) is 5.91 Å². The molecule has 0 spiro atoms. The molecule has 2 atom stereocenters. The number of nitrogens with zero attached hydrogens (tertiary/aromatic N) is 1. The minimum atomic E-state index is 0.112. The number of carbonyl (C=O) groups excluding carboxylic acids is 1. The van der Waals surface area contributed by atoms with Crippen LogP contribution in [0.3, 0.4) is 0 Å². The highest BCUT2D eigenvalue weighted by molar-refractivity contribution is 9.10. The molecule has 2 nitrogen and oxygen atoms in total. The fourth-order valence-electron chi connectivity index (χ4n) is 3.24. The zero-order chi connectivity index (χ0) is 13.6. The van der Waals surface area contributed by atoms with Gasteiger partial charge in [0.25, 0.3) is 5.91 Å². The normalized spacial score (nSPS) is 29.6. The Morgan fingerprint density at radius 3 is 2.53 bits per heavy atom. The molecule has 2 fully saturated rings. The summed E-state index contributed by atoms with van der Waals surface area (Å²) < 4.78 is 0.822. The fraction of sp³-hybridized carbons (Fsp3) is 0.500. The molecule has 2 bridgehead atoms. The average Bonchev–Trinajstić information content (AvgIpc) is 2.64. The van der Waals surface area contributed by atoms with E-state index in [1.165, 1.54) is 0 Å². The average molecular weight is 408 g/mol. The fourth-order valence-corrected chi connectivity index (χ4v) is 4.69. The molecular formula is C14H14Br2ClNO. The molecule has 2 unspecified atom stereocenters. The van der Waals surface area contributed by atoms with Gasteiger partial charge in [-0.15, -0.1) is 0 Å². The molecule has 0 radical (unpaired) electrons. The van der Waals surface area contributed by atoms with Crippen LogP contribution in [0.5, 0.6) is 0 Å². The number of amides is 1. The van der Waals surface area contributed by atoms with Crippen molar-refractivity contribution in [1.29, 1.82) is 0 Å². The maximum Gasteiger partial charge on any atom is 0.255 e. The molecule has 1 aromatic carbocycles. The van der Waals surface area contributed by atoms with E-state index in [1.54, 1.807) is 12.1 Å². The lowest BCUT2D eigenvalue weighted by molar-refractivity contribution is 0.0602. The first-order chi connectivity index (χ1) is 9.06. The van der Waals surface area contributed by atoms with E-state index in [4.69, 9.17) is 11.6 Å². The van der Waals surface area contributed by atoms with E-state index < -0.39 is 0 Å². The Morgan fingerprint density at radius 1 is 1.26 bits per heavy atom. The Labute approximate surface area is 134 Å². The zero-order valence-electron chi connectivity index (χ0n) is 10.3. The minimum Gasteiger partial charge on any atom is -0.333 e. The summed E-state index contributed by atoms with van der Waals surface area (Å²) in [4.78, 5) is 15.4. The molecule has 0 N–H and O–H groups in total. The van der Waals surface area contributed by atoms with Gasteiger partial charge in [0, 0.05) is 26.4 Å². The van der Waals surface area contributed by atoms with Crippen molar-refractivity contribution in [3.05, 3.63) is 33.3 Å². The van der Waals surface area contributed by atoms with Gasteiger partial charge >= 0.3 is 0 Å². The quantitative estimate of drug-likeness (QED) is 0.622. The van der Waals surface area contributed by atoms with Gasteiger partial charge in [-0.3, -0.25) is 4.79 Å². The number of benzene rings is 1. The first kappa shape index (κ1) is 13.9. The van der Waals surface area contributed by atoms with Crippen LogP contribution in [0.25, 0.3) is 0 Å². The number of piperidine rings is 1. The summed E-state index contributed by atoms with van der Waals surface area (Å²) in [6, 6.07) is 6.15. The van der Waals surface area contributed by atoms with Crippen molar-refractivity contribution in [3.63, 3.8) is 0 Å². The number of halogens is 3. The number of fused-ring (bicyclic) bond motifs is 2. The third-order valence-electron chi connectivity index (χ3n) is 4.07. The molecule has 2 saturated heterocycles. The molecule has 19 heavy (non-hydrogen) atoms. The first-order valence-electron chi connectivity index (χ1n) is 6.48. The van der Waals surface area contributed by atoms with Crippen LogP contribution in [0.2, 0.25) is 5.02 Å². The second kappa shape index (κ2) is 5.38. The highest BCUT2D eigenvalue weighted by Crippen LogP contribution is 2.40. The molecule has 2 aliphatic rings. The van der Waals surface area contributed by atoms with Gasteiger partial charge in [0.2, 0.25) is 0 Å². The Hall–Kier alpha value is -0.0600. The second-order valence-corrected chi connectivity index (χ2v) is 7.88. The van der Waals surface area contributed by atoms with Gasteiger partial charge in [-0.25, -0.2) is 0 Å². The first-order valence-corrected chi connectivity index (χ1v) is 8.56. The molecule has 0 saturated carbocycles. The van der Waals surface area contributed by atoms with Crippen LogP contribution in [-0.4, -0.2) is 27.7 Å². The van der Waals surface area contributed by atoms with Crippen molar-refractivity contribution < 1.29 is 4.79 Å². The Morgan fingerprint density at radius 2 is 1.89 bits per heavy atom. The standard InChI is InChI=1S/C14H14Br2ClNO/c15-8-5-10-2-3-11(6-8)18(10)14(19)12-7-9(17)1-4-13(12)16/h1,4,7-8,10-11H,2-3,5-6H2. The molecule has 1 amide bonds. The summed E-state index contributed by atoms with van der Waals surface area (Å²) in [5, 5.41) is 0.606. The Kier molecular flexibility index (Phi) is 3.93. The third kappa shape index (κ3) is 2.59. The van der Waals surface area contributed by atoms with Crippen LogP contribution in [-0.2, 0) is 0 Å². The van der Waals surface area contributed by atoms with Crippen LogP contribution >= 0.6 is 43.5 Å². The van der Waals surface area contributed by atoms with E-state index in [2.05, 4.69) is 36.8 Å². The van der Waals surface area contributed by atoms with Crippen LogP contribution in [0, 0.1) is 0 Å². The summed E-state index contributed by atoms with van der Waals surface area (Å²) in [6.45, 7) is 0. The SMILES string of the molecule is O=C(c1cc(Cl)ccc1Br)N1C2CCC1CC(Br)C2. The molecule has 0 aliphatic carbocycles. The number of hydrogen-bond donors (Lipinski definition) is 0. The molecule has 5 heteroatoms. The smallest absolute Gasteiger partial charge is 0.255 e. The van der Waals surface area contributed by atoms with E-state index in [0.717, 1.165) is 30.2 Å². The highest BCUT2D eigenvalue weighted by atomic mass is 79.9. The van der Waals surface area contributed by atoms with E-state index in [1.807, 2.05) is 6.07 Å². The van der Waals surface area contributed by atoms with E-state index in [9.17, 15) is 4.79 Å². The second-order valence-electron chi connectivity index (χ2n) is 5.29. The number of carbonyl (C=O) groups is 1. The van der Waals surface area contributed by atoms with Gasteiger partial charge in [-0.1, -0.05) is 27.5 Å². The van der Waals surface area contributed by atoms with E-state index >= 15 is 0 Å². The van der Waals surface area contributed by atoms with Crippen molar-refractivity contribution in [1.82, 2.24) is 4.90 Å². The van der Waals surface area contributed by atoms with Crippen molar-refractivity contribution in [2.45, 2.75) is 42.6 Å². The van der Waals surface area contributed by atoms with Gasteiger partial charge in [0.15, 0.2) is 0 Å². The molecular weight excluding hydrogens is 393 g/mol. The van der Waals surface area contributed by atoms with Crippen molar-refractivity contribution >= 4 is 49.4 Å². The molecule has 2 aliphatic heterocycles. The molecule has 1 aromatic rings. The summed E-state index contributed by atoms with van der Waals surface area (Å²) in [5.41, 5.74) is 0.678. The van der Waals surface area contributed by atoms with Gasteiger partial charge in [-0.2, -0.15) is 0 Å². The summed E-state index contributed by atoms with van der Waals surface area (Å²) >= 11 is 13.2. The highest BCUT2D eigenvalue weighted by Gasteiger charge is 2.43. The monoisotopic (exact) mass is 405 g/mol. The van der Waals surface area contributed by atoms with Crippen LogP contribution < -0.4 is 0 Å². The Bertz CT molecular complexity index is 508. The Balaban J connectivity index is 1.90. The van der Waals surface area contributed by atoms with Crippen molar-refractivity contribution in [3.8, 4) is 0 Å². The number of alkyl halides is 1. The van der Waals surface area contributed by atoms with Gasteiger partial charge in [0.1, 0.15) is 0 Å². The summed E-state index contributed by atoms with van der Waals surface area (Å²) in [5.74, 6) is 0.112. The van der Waals surface area contributed by atoms with Crippen molar-refractivity contribution in [2.24, 2.45) is 0 Å². The van der Waals surface area contributed by atoms with Crippen LogP contribution in [0.1, 0.15) is 36.0 Å². The minimum absolute atomic E-state index is 0.112. The number of rotatable bonds is 1. The molecule has 102 valence electrons. The van der Waals surface area contributed by atoms with Gasteiger partial charge < -0.3 is 4.90 Å². The predicted molar refractivity (Wildman–Crippen MR) is 84.1 cm³/mol. The molecule has 2 heterocycles. The lowest BCUT2D eigenvalue weighted by Crippen LogP contribution is -2.46. The largest absolute Gasteiger partial charge is 0.333 e. The number of hydrogen-bond acceptors (Lipinski definition) is 1. The topological polar surface area (TPSA) is 20.3 Å². The van der Waals surface area contributed by atoms with Gasteiger partial charge in [-0.05, 0) is 59.8 Å². The van der Waals surface area contributed by atoms with E-state index in [0.29, 0.717) is 27.5 Å². The maximum absolute atomic E-state index is 12.8. The van der Waals surface area contributed by atoms with Crippen LogP contribution in [0.15, 0.2) is 22.7 Å². The lowest BCUT2D eigenvalue weighted by Gasteiger charge is -2.37. The summed E-state index contributed by atoms with van der Waals surface area (Å²) in [6.07, 6.45) is 4.36. The zero-order valence-corrected chi connectivity index (χ0v) is 14.2. The predicted octanol–water partition coefficient (Wildman–Crippen LogP) is 4.63. The lowest BCUT2D eigenvalue weighted by atomic mass is 10.0. The molecule has 3 rings (SSSR count). The molecule has 0 aromatic heterocycles. The summed E-state index contributed by atoms with van der Waals surface area (Å²) in [7, 11) is 0. The third-order valence-corrected chi connectivity index (χ3v) is 5.74. The maximum atomic E-state index is 12.8. The van der Waals surface area contributed by atoms with Gasteiger partial charge in [0.05, 0.1) is 5.56 Å². The van der Waals surface area contributed by atoms with Crippen molar-refractivity contribution in [2.75, 3.05) is 0 Å². The van der Waals surface area contributed by atoms with Crippen LogP contribution in [0.4, 0.5) is 0 Å².